The largest absolute Gasteiger partial charge is 0.329 e. The van der Waals surface area contributed by atoms with E-state index in [1.54, 1.807) is 0 Å². The molecule has 0 fully saturated rings. The van der Waals surface area contributed by atoms with Crippen LogP contribution in [0.1, 0.15) is 0 Å². The standard InChI is InChI=1S/C10H7FN2O3/c11-6-1-2-8-7(5-6)9(15)13(3-4-14)10(16)12-8/h1-2,4-5H,3H2,(H,12,16). The van der Waals surface area contributed by atoms with Crippen LogP contribution in [-0.2, 0) is 11.3 Å². The van der Waals surface area contributed by atoms with Gasteiger partial charge in [0.05, 0.1) is 17.4 Å². The van der Waals surface area contributed by atoms with Gasteiger partial charge >= 0.3 is 5.69 Å². The first-order chi connectivity index (χ1) is 7.63. The van der Waals surface area contributed by atoms with Gasteiger partial charge in [0.25, 0.3) is 5.56 Å². The lowest BCUT2D eigenvalue weighted by Crippen LogP contribution is -2.35. The topological polar surface area (TPSA) is 71.9 Å². The lowest BCUT2D eigenvalue weighted by Gasteiger charge is -2.02. The van der Waals surface area contributed by atoms with E-state index in [0.717, 1.165) is 16.7 Å². The van der Waals surface area contributed by atoms with Crippen LogP contribution in [0.3, 0.4) is 0 Å². The maximum Gasteiger partial charge on any atom is 0.329 e. The summed E-state index contributed by atoms with van der Waals surface area (Å²) >= 11 is 0. The third kappa shape index (κ3) is 1.54. The molecule has 0 aliphatic heterocycles. The van der Waals surface area contributed by atoms with Gasteiger partial charge in [0, 0.05) is 0 Å². The monoisotopic (exact) mass is 222 g/mol. The maximum atomic E-state index is 12.9. The Balaban J connectivity index is 2.90. The molecule has 2 aromatic rings. The summed E-state index contributed by atoms with van der Waals surface area (Å²) in [7, 11) is 0. The molecule has 0 aliphatic carbocycles. The van der Waals surface area contributed by atoms with Gasteiger partial charge in [-0.3, -0.25) is 9.36 Å². The molecule has 0 radical (unpaired) electrons. The van der Waals surface area contributed by atoms with Gasteiger partial charge in [-0.05, 0) is 18.2 Å². The number of aromatic nitrogens is 2. The first kappa shape index (κ1) is 10.3. The first-order valence-corrected chi connectivity index (χ1v) is 4.49. The van der Waals surface area contributed by atoms with E-state index in [-0.39, 0.29) is 17.4 Å². The Labute approximate surface area is 88.1 Å². The van der Waals surface area contributed by atoms with Gasteiger partial charge in [-0.15, -0.1) is 0 Å². The van der Waals surface area contributed by atoms with Crippen molar-refractivity contribution in [3.8, 4) is 0 Å². The highest BCUT2D eigenvalue weighted by molar-refractivity contribution is 5.77. The minimum absolute atomic E-state index is 0.0430. The Hall–Kier alpha value is -2.24. The van der Waals surface area contributed by atoms with Crippen molar-refractivity contribution in [3.63, 3.8) is 0 Å². The zero-order chi connectivity index (χ0) is 11.7. The first-order valence-electron chi connectivity index (χ1n) is 4.49. The predicted octanol–water partition coefficient (Wildman–Crippen LogP) is 0.0278. The van der Waals surface area contributed by atoms with Gasteiger partial charge in [-0.25, -0.2) is 9.18 Å². The molecular formula is C10H7FN2O3. The maximum absolute atomic E-state index is 12.9. The normalized spacial score (nSPS) is 10.6. The number of rotatable bonds is 2. The van der Waals surface area contributed by atoms with Crippen LogP contribution in [0.5, 0.6) is 0 Å². The van der Waals surface area contributed by atoms with E-state index in [9.17, 15) is 18.8 Å². The fourth-order valence-corrected chi connectivity index (χ4v) is 1.46. The number of nitrogens with one attached hydrogen (secondary N) is 1. The van der Waals surface area contributed by atoms with Crippen LogP contribution in [0, 0.1) is 5.82 Å². The van der Waals surface area contributed by atoms with E-state index in [1.807, 2.05) is 0 Å². The van der Waals surface area contributed by atoms with Crippen LogP contribution >= 0.6 is 0 Å². The number of benzene rings is 1. The van der Waals surface area contributed by atoms with Gasteiger partial charge < -0.3 is 9.78 Å². The molecule has 6 heteroatoms. The quantitative estimate of drug-likeness (QED) is 0.728. The molecule has 5 nitrogen and oxygen atoms in total. The average Bonchev–Trinajstić information content (AvgIpc) is 2.26. The Morgan fingerprint density at radius 2 is 2.12 bits per heavy atom. The number of aromatic amines is 1. The van der Waals surface area contributed by atoms with Crippen molar-refractivity contribution in [3.05, 3.63) is 44.9 Å². The van der Waals surface area contributed by atoms with Crippen molar-refractivity contribution in [1.82, 2.24) is 9.55 Å². The second-order valence-electron chi connectivity index (χ2n) is 3.20. The van der Waals surface area contributed by atoms with Crippen LogP contribution in [-0.4, -0.2) is 15.8 Å². The Kier molecular flexibility index (Phi) is 2.40. The van der Waals surface area contributed by atoms with Crippen LogP contribution in [0.15, 0.2) is 27.8 Å². The average molecular weight is 222 g/mol. The number of hydrogen-bond donors (Lipinski definition) is 1. The van der Waals surface area contributed by atoms with Gasteiger partial charge in [0.2, 0.25) is 0 Å². The van der Waals surface area contributed by atoms with Crippen LogP contribution in [0.25, 0.3) is 10.9 Å². The molecule has 0 bridgehead atoms. The summed E-state index contributed by atoms with van der Waals surface area (Å²) in [5, 5.41) is 0.0430. The van der Waals surface area contributed by atoms with Crippen molar-refractivity contribution in [2.24, 2.45) is 0 Å². The molecule has 0 atom stereocenters. The minimum Gasteiger partial charge on any atom is -0.307 e. The van der Waals surface area contributed by atoms with E-state index >= 15 is 0 Å². The second-order valence-corrected chi connectivity index (χ2v) is 3.20. The number of nitrogens with zero attached hydrogens (tertiary/aromatic N) is 1. The van der Waals surface area contributed by atoms with Crippen molar-refractivity contribution in [2.75, 3.05) is 0 Å². The molecular weight excluding hydrogens is 215 g/mol. The molecule has 0 saturated heterocycles. The number of halogens is 1. The van der Waals surface area contributed by atoms with Crippen molar-refractivity contribution >= 4 is 17.2 Å². The number of fused-ring (bicyclic) bond motifs is 1. The number of aldehydes is 1. The highest BCUT2D eigenvalue weighted by Gasteiger charge is 2.07. The molecule has 82 valence electrons. The number of H-pyrrole nitrogens is 1. The van der Waals surface area contributed by atoms with Gasteiger partial charge in [0.1, 0.15) is 12.1 Å². The Morgan fingerprint density at radius 1 is 1.38 bits per heavy atom. The molecule has 16 heavy (non-hydrogen) atoms. The summed E-state index contributed by atoms with van der Waals surface area (Å²) in [5.74, 6) is -0.575. The van der Waals surface area contributed by atoms with Crippen molar-refractivity contribution < 1.29 is 9.18 Å². The lowest BCUT2D eigenvalue weighted by atomic mass is 10.2. The molecule has 2 rings (SSSR count). The van der Waals surface area contributed by atoms with E-state index in [0.29, 0.717) is 6.29 Å². The summed E-state index contributed by atoms with van der Waals surface area (Å²) in [5.41, 5.74) is -1.11. The van der Waals surface area contributed by atoms with Crippen LogP contribution in [0.4, 0.5) is 4.39 Å². The van der Waals surface area contributed by atoms with Crippen molar-refractivity contribution in [2.45, 2.75) is 6.54 Å². The summed E-state index contributed by atoms with van der Waals surface area (Å²) < 4.78 is 13.6. The Morgan fingerprint density at radius 3 is 2.81 bits per heavy atom. The summed E-state index contributed by atoms with van der Waals surface area (Å²) in [6, 6.07) is 3.47. The smallest absolute Gasteiger partial charge is 0.307 e. The zero-order valence-corrected chi connectivity index (χ0v) is 8.07. The fourth-order valence-electron chi connectivity index (χ4n) is 1.46. The van der Waals surface area contributed by atoms with E-state index in [1.165, 1.54) is 6.07 Å². The van der Waals surface area contributed by atoms with E-state index in [4.69, 9.17) is 0 Å². The molecule has 0 saturated carbocycles. The number of carbonyl (C=O) groups excluding carboxylic acids is 1. The second kappa shape index (κ2) is 3.73. The molecule has 0 aliphatic rings. The van der Waals surface area contributed by atoms with Gasteiger partial charge in [-0.2, -0.15) is 0 Å². The number of hydrogen-bond acceptors (Lipinski definition) is 3. The molecule has 0 unspecified atom stereocenters. The highest BCUT2D eigenvalue weighted by Crippen LogP contribution is 2.06. The third-order valence-corrected chi connectivity index (χ3v) is 2.20. The van der Waals surface area contributed by atoms with Gasteiger partial charge in [0.15, 0.2) is 0 Å². The lowest BCUT2D eigenvalue weighted by molar-refractivity contribution is -0.108. The summed E-state index contributed by atoms with van der Waals surface area (Å²) in [4.78, 5) is 35.8. The molecule has 1 aromatic heterocycles. The predicted molar refractivity (Wildman–Crippen MR) is 54.9 cm³/mol. The van der Waals surface area contributed by atoms with Gasteiger partial charge in [-0.1, -0.05) is 0 Å². The minimum atomic E-state index is -0.684. The van der Waals surface area contributed by atoms with Crippen molar-refractivity contribution in [1.29, 1.82) is 0 Å². The summed E-state index contributed by atoms with van der Waals surface area (Å²) in [6.07, 6.45) is 0.432. The van der Waals surface area contributed by atoms with Crippen LogP contribution < -0.4 is 11.2 Å². The SMILES string of the molecule is O=CCn1c(=O)[nH]c2ccc(F)cc2c1=O. The Bertz CT molecular complexity index is 672. The summed E-state index contributed by atoms with van der Waals surface area (Å²) in [6.45, 7) is -0.347. The number of carbonyl (C=O) groups is 1. The molecule has 1 aromatic carbocycles. The third-order valence-electron chi connectivity index (χ3n) is 2.20. The van der Waals surface area contributed by atoms with Crippen LogP contribution in [0.2, 0.25) is 0 Å². The molecule has 0 spiro atoms. The van der Waals surface area contributed by atoms with E-state index in [2.05, 4.69) is 4.98 Å². The fraction of sp³-hybridized carbons (Fsp3) is 0.100. The highest BCUT2D eigenvalue weighted by atomic mass is 19.1. The molecule has 1 N–H and O–H groups in total. The van der Waals surface area contributed by atoms with E-state index < -0.39 is 17.1 Å². The zero-order valence-electron chi connectivity index (χ0n) is 8.07. The molecule has 0 amide bonds. The molecule has 1 heterocycles.